The number of benzene rings is 1. The van der Waals surface area contributed by atoms with Gasteiger partial charge >= 0.3 is 0 Å². The normalized spacial score (nSPS) is 14.1. The first kappa shape index (κ1) is 16.5. The number of carbonyl (C=O) groups is 2. The zero-order chi connectivity index (χ0) is 13.7. The molecule has 1 heterocycles. The lowest BCUT2D eigenvalue weighted by atomic mass is 10.1. The van der Waals surface area contributed by atoms with Crippen molar-refractivity contribution in [3.05, 3.63) is 29.8 Å². The van der Waals surface area contributed by atoms with Crippen molar-refractivity contribution in [2.24, 2.45) is 5.73 Å². The Kier molecular flexibility index (Phi) is 6.48. The Hall–Kier alpha value is -1.59. The maximum Gasteiger partial charge on any atom is 0.240 e. The van der Waals surface area contributed by atoms with Gasteiger partial charge in [0.1, 0.15) is 6.54 Å². The highest BCUT2D eigenvalue weighted by atomic mass is 35.5. The fraction of sp³-hybridized carbons (Fsp3) is 0.429. The van der Waals surface area contributed by atoms with Crippen LogP contribution >= 0.6 is 12.4 Å². The molecule has 1 aromatic rings. The summed E-state index contributed by atoms with van der Waals surface area (Å²) in [5, 5.41) is 2.69. The van der Waals surface area contributed by atoms with Crippen molar-refractivity contribution in [2.45, 2.75) is 19.3 Å². The van der Waals surface area contributed by atoms with E-state index in [9.17, 15) is 9.59 Å². The molecule has 1 aliphatic rings. The molecule has 2 rings (SSSR count). The maximum absolute atomic E-state index is 12.1. The molecule has 110 valence electrons. The van der Waals surface area contributed by atoms with E-state index in [4.69, 9.17) is 5.73 Å². The van der Waals surface area contributed by atoms with Gasteiger partial charge in [-0.25, -0.2) is 0 Å². The number of rotatable bonds is 4. The van der Waals surface area contributed by atoms with E-state index in [0.717, 1.165) is 24.1 Å². The smallest absolute Gasteiger partial charge is 0.240 e. The van der Waals surface area contributed by atoms with E-state index in [1.807, 2.05) is 24.3 Å². The molecule has 0 fully saturated rings. The average molecular weight is 298 g/mol. The molecule has 6 heteroatoms. The quantitative estimate of drug-likeness (QED) is 0.865. The molecule has 1 aromatic carbocycles. The highest BCUT2D eigenvalue weighted by Crippen LogP contribution is 2.26. The molecular formula is C14H20ClN3O2. The standard InChI is InChI=1S/C14H19N3O2.ClH/c15-8-9-16-13(18)10-17-12-6-2-1-4-11(12)5-3-7-14(17)19;/h1-2,4,6H,3,5,7-10,15H2,(H,16,18);1H. The number of aryl methyl sites for hydroxylation is 1. The van der Waals surface area contributed by atoms with E-state index < -0.39 is 0 Å². The minimum Gasteiger partial charge on any atom is -0.353 e. The number of hydrogen-bond donors (Lipinski definition) is 2. The van der Waals surface area contributed by atoms with E-state index in [1.165, 1.54) is 0 Å². The molecule has 1 aliphatic heterocycles. The first-order valence-corrected chi connectivity index (χ1v) is 6.57. The zero-order valence-electron chi connectivity index (χ0n) is 11.3. The number of nitrogens with two attached hydrogens (primary N) is 1. The molecule has 3 N–H and O–H groups in total. The predicted octanol–water partition coefficient (Wildman–Crippen LogP) is 0.853. The Labute approximate surface area is 124 Å². The fourth-order valence-corrected chi connectivity index (χ4v) is 2.27. The van der Waals surface area contributed by atoms with E-state index >= 15 is 0 Å². The van der Waals surface area contributed by atoms with Crippen molar-refractivity contribution >= 4 is 29.9 Å². The first-order valence-electron chi connectivity index (χ1n) is 6.57. The fourth-order valence-electron chi connectivity index (χ4n) is 2.27. The van der Waals surface area contributed by atoms with Gasteiger partial charge in [0.25, 0.3) is 0 Å². The van der Waals surface area contributed by atoms with E-state index in [0.29, 0.717) is 19.5 Å². The van der Waals surface area contributed by atoms with Gasteiger partial charge in [0, 0.05) is 25.2 Å². The van der Waals surface area contributed by atoms with E-state index in [-0.39, 0.29) is 30.8 Å². The van der Waals surface area contributed by atoms with Gasteiger partial charge in [0.15, 0.2) is 0 Å². The SMILES string of the molecule is Cl.NCCNC(=O)CN1C(=O)CCCc2ccccc21. The summed E-state index contributed by atoms with van der Waals surface area (Å²) in [6.07, 6.45) is 2.19. The average Bonchev–Trinajstić information content (AvgIpc) is 2.57. The number of fused-ring (bicyclic) bond motifs is 1. The third kappa shape index (κ3) is 3.95. The topological polar surface area (TPSA) is 75.4 Å². The Bertz CT molecular complexity index is 479. The lowest BCUT2D eigenvalue weighted by molar-refractivity contribution is -0.123. The number of amides is 2. The largest absolute Gasteiger partial charge is 0.353 e. The van der Waals surface area contributed by atoms with Crippen molar-refractivity contribution in [1.29, 1.82) is 0 Å². The second-order valence-electron chi connectivity index (χ2n) is 4.60. The lowest BCUT2D eigenvalue weighted by Gasteiger charge is -2.22. The minimum absolute atomic E-state index is 0. The van der Waals surface area contributed by atoms with E-state index in [1.54, 1.807) is 4.90 Å². The summed E-state index contributed by atoms with van der Waals surface area (Å²) in [7, 11) is 0. The summed E-state index contributed by atoms with van der Waals surface area (Å²) in [6, 6.07) is 7.76. The van der Waals surface area contributed by atoms with Crippen molar-refractivity contribution in [3.63, 3.8) is 0 Å². The lowest BCUT2D eigenvalue weighted by Crippen LogP contribution is -2.41. The van der Waals surface area contributed by atoms with Crippen LogP contribution in [0.25, 0.3) is 0 Å². The molecule has 0 atom stereocenters. The predicted molar refractivity (Wildman–Crippen MR) is 81.0 cm³/mol. The van der Waals surface area contributed by atoms with Crippen LogP contribution in [0.3, 0.4) is 0 Å². The van der Waals surface area contributed by atoms with Gasteiger partial charge in [-0.2, -0.15) is 0 Å². The molecule has 0 saturated heterocycles. The van der Waals surface area contributed by atoms with Crippen LogP contribution in [0.2, 0.25) is 0 Å². The Morgan fingerprint density at radius 2 is 2.05 bits per heavy atom. The van der Waals surface area contributed by atoms with Crippen LogP contribution in [0.5, 0.6) is 0 Å². The number of nitrogens with one attached hydrogen (secondary N) is 1. The molecule has 20 heavy (non-hydrogen) atoms. The van der Waals surface area contributed by atoms with Crippen LogP contribution in [0.15, 0.2) is 24.3 Å². The third-order valence-corrected chi connectivity index (χ3v) is 3.19. The molecule has 0 aromatic heterocycles. The van der Waals surface area contributed by atoms with Gasteiger partial charge in [-0.3, -0.25) is 9.59 Å². The molecule has 0 bridgehead atoms. The van der Waals surface area contributed by atoms with Crippen LogP contribution in [-0.2, 0) is 16.0 Å². The number of nitrogens with zero attached hydrogens (tertiary/aromatic N) is 1. The van der Waals surface area contributed by atoms with Crippen molar-refractivity contribution in [2.75, 3.05) is 24.5 Å². The highest BCUT2D eigenvalue weighted by Gasteiger charge is 2.23. The number of para-hydroxylation sites is 1. The number of hydrogen-bond acceptors (Lipinski definition) is 3. The summed E-state index contributed by atoms with van der Waals surface area (Å²) < 4.78 is 0. The molecule has 2 amide bonds. The van der Waals surface area contributed by atoms with Gasteiger partial charge in [-0.15, -0.1) is 12.4 Å². The maximum atomic E-state index is 12.1. The second kappa shape index (κ2) is 7.87. The highest BCUT2D eigenvalue weighted by molar-refractivity contribution is 5.99. The number of anilines is 1. The number of carbonyl (C=O) groups excluding carboxylic acids is 2. The Morgan fingerprint density at radius 3 is 2.80 bits per heavy atom. The molecule has 0 saturated carbocycles. The Balaban J connectivity index is 0.00000200. The molecule has 0 aliphatic carbocycles. The van der Waals surface area contributed by atoms with Gasteiger partial charge < -0.3 is 16.0 Å². The van der Waals surface area contributed by atoms with Gasteiger partial charge in [0.05, 0.1) is 0 Å². The number of halogens is 1. The zero-order valence-corrected chi connectivity index (χ0v) is 12.1. The van der Waals surface area contributed by atoms with Crippen molar-refractivity contribution in [3.8, 4) is 0 Å². The third-order valence-electron chi connectivity index (χ3n) is 3.19. The summed E-state index contributed by atoms with van der Waals surface area (Å²) in [5.74, 6) is -0.164. The van der Waals surface area contributed by atoms with Crippen LogP contribution in [0.4, 0.5) is 5.69 Å². The van der Waals surface area contributed by atoms with Crippen LogP contribution in [0.1, 0.15) is 18.4 Å². The first-order chi connectivity index (χ1) is 9.22. The molecule has 5 nitrogen and oxygen atoms in total. The monoisotopic (exact) mass is 297 g/mol. The molecular weight excluding hydrogens is 278 g/mol. The minimum atomic E-state index is -0.171. The van der Waals surface area contributed by atoms with Crippen molar-refractivity contribution in [1.82, 2.24) is 5.32 Å². The molecule has 0 radical (unpaired) electrons. The van der Waals surface area contributed by atoms with Gasteiger partial charge in [-0.05, 0) is 24.5 Å². The van der Waals surface area contributed by atoms with E-state index in [2.05, 4.69) is 5.32 Å². The van der Waals surface area contributed by atoms with Crippen LogP contribution in [-0.4, -0.2) is 31.4 Å². The van der Waals surface area contributed by atoms with Crippen LogP contribution in [0, 0.1) is 0 Å². The molecule has 0 spiro atoms. The summed E-state index contributed by atoms with van der Waals surface area (Å²) in [4.78, 5) is 25.5. The Morgan fingerprint density at radius 1 is 1.30 bits per heavy atom. The summed E-state index contributed by atoms with van der Waals surface area (Å²) in [5.41, 5.74) is 7.32. The summed E-state index contributed by atoms with van der Waals surface area (Å²) in [6.45, 7) is 0.897. The van der Waals surface area contributed by atoms with Crippen molar-refractivity contribution < 1.29 is 9.59 Å². The van der Waals surface area contributed by atoms with Gasteiger partial charge in [-0.1, -0.05) is 18.2 Å². The summed E-state index contributed by atoms with van der Waals surface area (Å²) >= 11 is 0. The second-order valence-corrected chi connectivity index (χ2v) is 4.60. The van der Waals surface area contributed by atoms with Crippen LogP contribution < -0.4 is 16.0 Å². The molecule has 0 unspecified atom stereocenters. The van der Waals surface area contributed by atoms with Gasteiger partial charge in [0.2, 0.25) is 11.8 Å².